The lowest BCUT2D eigenvalue weighted by Gasteiger charge is -2.39. The maximum absolute atomic E-state index is 13.9. The molecule has 2 fully saturated rings. The number of amides is 1. The number of para-hydroxylation sites is 1. The molecular weight excluding hydrogens is 315 g/mol. The van der Waals surface area contributed by atoms with Crippen LogP contribution in [0.4, 0.5) is 10.1 Å². The van der Waals surface area contributed by atoms with Gasteiger partial charge in [0.25, 0.3) is 0 Å². The molecule has 1 saturated carbocycles. The third kappa shape index (κ3) is 4.53. The average molecular weight is 346 g/mol. The smallest absolute Gasteiger partial charge is 0.225 e. The summed E-state index contributed by atoms with van der Waals surface area (Å²) in [6.45, 7) is 5.11. The topological polar surface area (TPSA) is 23.6 Å². The van der Waals surface area contributed by atoms with Crippen LogP contribution < -0.4 is 4.90 Å². The Bertz CT molecular complexity index is 561. The molecule has 2 aliphatic rings. The molecule has 1 aliphatic carbocycles. The molecule has 1 heterocycles. The highest BCUT2D eigenvalue weighted by atomic mass is 19.1. The first-order valence-corrected chi connectivity index (χ1v) is 9.97. The van der Waals surface area contributed by atoms with Crippen molar-refractivity contribution in [1.82, 2.24) is 4.90 Å². The minimum absolute atomic E-state index is 0.173. The molecule has 0 radical (unpaired) electrons. The summed E-state index contributed by atoms with van der Waals surface area (Å²) in [5.41, 5.74) is 0.658. The van der Waals surface area contributed by atoms with Crippen LogP contribution in [-0.4, -0.2) is 37.0 Å². The highest BCUT2D eigenvalue weighted by molar-refractivity contribution is 5.79. The molecule has 4 heteroatoms. The van der Waals surface area contributed by atoms with Crippen molar-refractivity contribution in [2.45, 2.75) is 51.9 Å². The predicted molar refractivity (Wildman–Crippen MR) is 100 cm³/mol. The van der Waals surface area contributed by atoms with Gasteiger partial charge in [-0.3, -0.25) is 4.79 Å². The quantitative estimate of drug-likeness (QED) is 0.785. The Kier molecular flexibility index (Phi) is 6.33. The van der Waals surface area contributed by atoms with Crippen molar-refractivity contribution < 1.29 is 9.18 Å². The van der Waals surface area contributed by atoms with Gasteiger partial charge < -0.3 is 9.80 Å². The van der Waals surface area contributed by atoms with Crippen LogP contribution >= 0.6 is 0 Å². The van der Waals surface area contributed by atoms with E-state index in [4.69, 9.17) is 0 Å². The Morgan fingerprint density at radius 3 is 2.40 bits per heavy atom. The number of piperazine rings is 1. The predicted octanol–water partition coefficient (Wildman–Crippen LogP) is 4.47. The van der Waals surface area contributed by atoms with Crippen LogP contribution in [0.3, 0.4) is 0 Å². The summed E-state index contributed by atoms with van der Waals surface area (Å²) < 4.78 is 13.9. The highest BCUT2D eigenvalue weighted by Crippen LogP contribution is 2.33. The molecule has 138 valence electrons. The lowest BCUT2D eigenvalue weighted by Crippen LogP contribution is -2.51. The van der Waals surface area contributed by atoms with Crippen molar-refractivity contribution in [3.05, 3.63) is 30.1 Å². The first-order valence-electron chi connectivity index (χ1n) is 9.97. The number of nitrogens with zero attached hydrogens (tertiary/aromatic N) is 2. The summed E-state index contributed by atoms with van der Waals surface area (Å²) in [6, 6.07) is 6.91. The number of anilines is 1. The van der Waals surface area contributed by atoms with Crippen LogP contribution in [0, 0.1) is 17.7 Å². The monoisotopic (exact) mass is 346 g/mol. The Labute approximate surface area is 151 Å². The van der Waals surface area contributed by atoms with Gasteiger partial charge in [-0.15, -0.1) is 0 Å². The van der Waals surface area contributed by atoms with Gasteiger partial charge in [-0.05, 0) is 43.7 Å². The fourth-order valence-corrected chi connectivity index (χ4v) is 4.32. The molecule has 0 unspecified atom stereocenters. The molecule has 0 aromatic heterocycles. The minimum atomic E-state index is -0.173. The Morgan fingerprint density at radius 2 is 1.76 bits per heavy atom. The SMILES string of the molecule is CCCCC1CCC(C(=O)N2CCN(c3ccccc3F)CC2)CC1. The van der Waals surface area contributed by atoms with E-state index >= 15 is 0 Å². The fraction of sp³-hybridized carbons (Fsp3) is 0.667. The number of hydrogen-bond acceptors (Lipinski definition) is 2. The highest BCUT2D eigenvalue weighted by Gasteiger charge is 2.31. The largest absolute Gasteiger partial charge is 0.366 e. The molecular formula is C21H31FN2O. The zero-order valence-corrected chi connectivity index (χ0v) is 15.4. The normalized spacial score (nSPS) is 24.4. The van der Waals surface area contributed by atoms with Gasteiger partial charge in [0.1, 0.15) is 5.82 Å². The van der Waals surface area contributed by atoms with E-state index in [0.717, 1.165) is 31.8 Å². The van der Waals surface area contributed by atoms with Gasteiger partial charge in [0.05, 0.1) is 5.69 Å². The number of unbranched alkanes of at least 4 members (excludes halogenated alkanes) is 1. The fourth-order valence-electron chi connectivity index (χ4n) is 4.32. The van der Waals surface area contributed by atoms with E-state index in [9.17, 15) is 9.18 Å². The van der Waals surface area contributed by atoms with E-state index in [1.807, 2.05) is 17.0 Å². The van der Waals surface area contributed by atoms with Crippen molar-refractivity contribution in [3.63, 3.8) is 0 Å². The summed E-state index contributed by atoms with van der Waals surface area (Å²) in [5.74, 6) is 1.22. The lowest BCUT2D eigenvalue weighted by molar-refractivity contribution is -0.137. The van der Waals surface area contributed by atoms with Crippen molar-refractivity contribution in [2.75, 3.05) is 31.1 Å². The zero-order valence-electron chi connectivity index (χ0n) is 15.4. The van der Waals surface area contributed by atoms with E-state index in [-0.39, 0.29) is 11.7 Å². The van der Waals surface area contributed by atoms with Crippen molar-refractivity contribution in [1.29, 1.82) is 0 Å². The lowest BCUT2D eigenvalue weighted by atomic mass is 9.79. The van der Waals surface area contributed by atoms with Gasteiger partial charge in [-0.1, -0.05) is 38.3 Å². The molecule has 3 nitrogen and oxygen atoms in total. The molecule has 1 aromatic carbocycles. The molecule has 0 atom stereocenters. The number of hydrogen-bond donors (Lipinski definition) is 0. The molecule has 0 N–H and O–H groups in total. The summed E-state index contributed by atoms with van der Waals surface area (Å²) >= 11 is 0. The van der Waals surface area contributed by atoms with Gasteiger partial charge in [0.2, 0.25) is 5.91 Å². The maximum atomic E-state index is 13.9. The van der Waals surface area contributed by atoms with Crippen LogP contribution in [-0.2, 0) is 4.79 Å². The number of carbonyl (C=O) groups excluding carboxylic acids is 1. The first-order chi connectivity index (χ1) is 12.2. The number of benzene rings is 1. The third-order valence-corrected chi connectivity index (χ3v) is 5.95. The van der Waals surface area contributed by atoms with Crippen molar-refractivity contribution in [2.24, 2.45) is 11.8 Å². The molecule has 3 rings (SSSR count). The standard InChI is InChI=1S/C21H31FN2O/c1-2-3-6-17-9-11-18(12-10-17)21(25)24-15-13-23(14-16-24)20-8-5-4-7-19(20)22/h4-5,7-8,17-18H,2-3,6,9-16H2,1H3. The van der Waals surface area contributed by atoms with E-state index in [1.165, 1.54) is 38.2 Å². The van der Waals surface area contributed by atoms with Crippen LogP contribution in [0.2, 0.25) is 0 Å². The van der Waals surface area contributed by atoms with Crippen LogP contribution in [0.5, 0.6) is 0 Å². The zero-order chi connectivity index (χ0) is 17.6. The van der Waals surface area contributed by atoms with Crippen molar-refractivity contribution >= 4 is 11.6 Å². The van der Waals surface area contributed by atoms with E-state index in [2.05, 4.69) is 11.8 Å². The molecule has 1 amide bonds. The second kappa shape index (κ2) is 8.68. The summed E-state index contributed by atoms with van der Waals surface area (Å²) in [7, 11) is 0. The number of carbonyl (C=O) groups is 1. The first kappa shape index (κ1) is 18.2. The molecule has 0 spiro atoms. The van der Waals surface area contributed by atoms with Crippen molar-refractivity contribution in [3.8, 4) is 0 Å². The van der Waals surface area contributed by atoms with Crippen LogP contribution in [0.25, 0.3) is 0 Å². The van der Waals surface area contributed by atoms with E-state index in [1.54, 1.807) is 6.07 Å². The molecule has 25 heavy (non-hydrogen) atoms. The van der Waals surface area contributed by atoms with E-state index < -0.39 is 0 Å². The van der Waals surface area contributed by atoms with E-state index in [0.29, 0.717) is 24.7 Å². The Balaban J connectivity index is 1.47. The molecule has 1 aromatic rings. The summed E-state index contributed by atoms with van der Waals surface area (Å²) in [6.07, 6.45) is 8.46. The molecule has 1 saturated heterocycles. The van der Waals surface area contributed by atoms with Gasteiger partial charge in [0.15, 0.2) is 0 Å². The third-order valence-electron chi connectivity index (χ3n) is 5.95. The van der Waals surface area contributed by atoms with Gasteiger partial charge in [0, 0.05) is 32.1 Å². The summed E-state index contributed by atoms with van der Waals surface area (Å²) in [4.78, 5) is 16.9. The average Bonchev–Trinajstić information content (AvgIpc) is 2.67. The van der Waals surface area contributed by atoms with Gasteiger partial charge in [-0.25, -0.2) is 4.39 Å². The maximum Gasteiger partial charge on any atom is 0.225 e. The number of rotatable bonds is 5. The van der Waals surface area contributed by atoms with Crippen LogP contribution in [0.1, 0.15) is 51.9 Å². The summed E-state index contributed by atoms with van der Waals surface area (Å²) in [5, 5.41) is 0. The van der Waals surface area contributed by atoms with Crippen LogP contribution in [0.15, 0.2) is 24.3 Å². The second-order valence-electron chi connectivity index (χ2n) is 7.62. The van der Waals surface area contributed by atoms with Gasteiger partial charge >= 0.3 is 0 Å². The van der Waals surface area contributed by atoms with Gasteiger partial charge in [-0.2, -0.15) is 0 Å². The minimum Gasteiger partial charge on any atom is -0.366 e. The molecule has 0 bridgehead atoms. The molecule has 1 aliphatic heterocycles. The Hall–Kier alpha value is -1.58. The number of halogens is 1. The Morgan fingerprint density at radius 1 is 1.08 bits per heavy atom. The second-order valence-corrected chi connectivity index (χ2v) is 7.62.